The number of hydrogen-bond acceptors (Lipinski definition) is 9. The second-order valence-corrected chi connectivity index (χ2v) is 7.60. The second kappa shape index (κ2) is 15.6. The van der Waals surface area contributed by atoms with Crippen LogP contribution in [0.1, 0.15) is 44.9 Å². The monoisotopic (exact) mass is 519 g/mol. The molecule has 0 aliphatic carbocycles. The SMILES string of the molecule is NC(=O)CCC(NC(=O)C(CCC(=O)O)NC(=O)C(CC(=O)O)NC(=O)C(N)CCC(=O)O)C(=O)O. The van der Waals surface area contributed by atoms with Crippen LogP contribution in [0.15, 0.2) is 0 Å². The number of nitrogens with one attached hydrogen (secondary N) is 3. The molecule has 17 nitrogen and oxygen atoms in total. The van der Waals surface area contributed by atoms with Gasteiger partial charge in [-0.15, -0.1) is 0 Å². The lowest BCUT2D eigenvalue weighted by molar-refractivity contribution is -0.144. The maximum atomic E-state index is 12.7. The molecular formula is C19H29N5O12. The highest BCUT2D eigenvalue weighted by Gasteiger charge is 2.31. The van der Waals surface area contributed by atoms with Gasteiger partial charge in [0.05, 0.1) is 12.5 Å². The van der Waals surface area contributed by atoms with E-state index in [1.165, 1.54) is 0 Å². The Labute approximate surface area is 203 Å². The number of carbonyl (C=O) groups is 8. The van der Waals surface area contributed by atoms with E-state index in [1.54, 1.807) is 0 Å². The van der Waals surface area contributed by atoms with E-state index in [-0.39, 0.29) is 6.42 Å². The standard InChI is InChI=1S/C19H29N5O12/c20-8(1-5-13(26)27)16(32)24-11(7-15(30)31)18(34)22-9(3-6-14(28)29)17(33)23-10(19(35)36)2-4-12(21)25/h8-11H,1-7,20H2,(H2,21,25)(H,22,34)(H,23,33)(H,24,32)(H,26,27)(H,28,29)(H,30,31)(H,35,36). The van der Waals surface area contributed by atoms with Crippen LogP contribution in [0.3, 0.4) is 0 Å². The normalized spacial score (nSPS) is 13.8. The van der Waals surface area contributed by atoms with Gasteiger partial charge in [-0.05, 0) is 19.3 Å². The molecule has 0 aliphatic rings. The van der Waals surface area contributed by atoms with Gasteiger partial charge in [0.1, 0.15) is 18.1 Å². The van der Waals surface area contributed by atoms with Gasteiger partial charge in [-0.3, -0.25) is 33.6 Å². The number of hydrogen-bond donors (Lipinski definition) is 9. The van der Waals surface area contributed by atoms with Gasteiger partial charge in [0.15, 0.2) is 0 Å². The largest absolute Gasteiger partial charge is 0.481 e. The molecule has 0 aromatic heterocycles. The van der Waals surface area contributed by atoms with Crippen LogP contribution in [0.4, 0.5) is 0 Å². The fourth-order valence-electron chi connectivity index (χ4n) is 2.70. The summed E-state index contributed by atoms with van der Waals surface area (Å²) in [5, 5.41) is 42.0. The third-order valence-corrected chi connectivity index (χ3v) is 4.59. The van der Waals surface area contributed by atoms with E-state index in [0.717, 1.165) is 0 Å². The number of aliphatic carboxylic acids is 4. The molecule has 0 fully saturated rings. The Morgan fingerprint density at radius 1 is 0.583 bits per heavy atom. The quantitative estimate of drug-likeness (QED) is 0.0843. The van der Waals surface area contributed by atoms with Gasteiger partial charge < -0.3 is 47.8 Å². The highest BCUT2D eigenvalue weighted by molar-refractivity contribution is 5.96. The lowest BCUT2D eigenvalue weighted by atomic mass is 10.1. The zero-order valence-electron chi connectivity index (χ0n) is 19.0. The highest BCUT2D eigenvalue weighted by Crippen LogP contribution is 2.05. The number of carboxylic acids is 4. The Morgan fingerprint density at radius 2 is 1.03 bits per heavy atom. The summed E-state index contributed by atoms with van der Waals surface area (Å²) in [5.74, 6) is -9.99. The van der Waals surface area contributed by atoms with Crippen molar-refractivity contribution in [3.8, 4) is 0 Å². The molecule has 0 saturated heterocycles. The maximum Gasteiger partial charge on any atom is 0.326 e. The number of primary amides is 1. The summed E-state index contributed by atoms with van der Waals surface area (Å²) >= 11 is 0. The molecule has 17 heteroatoms. The van der Waals surface area contributed by atoms with E-state index < -0.39 is 110 Å². The molecule has 202 valence electrons. The Balaban J connectivity index is 5.59. The molecule has 4 amide bonds. The lowest BCUT2D eigenvalue weighted by Crippen LogP contribution is -2.57. The summed E-state index contributed by atoms with van der Waals surface area (Å²) in [6.07, 6.45) is -3.79. The van der Waals surface area contributed by atoms with Crippen LogP contribution < -0.4 is 27.4 Å². The Kier molecular flexibility index (Phi) is 13.7. The minimum Gasteiger partial charge on any atom is -0.481 e. The minimum atomic E-state index is -1.80. The summed E-state index contributed by atoms with van der Waals surface area (Å²) in [6, 6.07) is -6.48. The van der Waals surface area contributed by atoms with Crippen LogP contribution in [-0.4, -0.2) is 92.1 Å². The van der Waals surface area contributed by atoms with Crippen LogP contribution in [0.25, 0.3) is 0 Å². The lowest BCUT2D eigenvalue weighted by Gasteiger charge is -2.24. The smallest absolute Gasteiger partial charge is 0.326 e. The van der Waals surface area contributed by atoms with Gasteiger partial charge in [0.2, 0.25) is 23.6 Å². The molecule has 0 saturated carbocycles. The third-order valence-electron chi connectivity index (χ3n) is 4.59. The van der Waals surface area contributed by atoms with Crippen molar-refractivity contribution in [3.05, 3.63) is 0 Å². The molecule has 0 aromatic rings. The molecule has 0 aromatic carbocycles. The Morgan fingerprint density at radius 3 is 1.50 bits per heavy atom. The molecule has 4 atom stereocenters. The predicted molar refractivity (Wildman–Crippen MR) is 116 cm³/mol. The topological polar surface area (TPSA) is 306 Å². The first-order valence-corrected chi connectivity index (χ1v) is 10.5. The number of carboxylic acid groups (broad SMARTS) is 4. The predicted octanol–water partition coefficient (Wildman–Crippen LogP) is -3.68. The summed E-state index contributed by atoms with van der Waals surface area (Å²) < 4.78 is 0. The minimum absolute atomic E-state index is 0.325. The van der Waals surface area contributed by atoms with Crippen LogP contribution in [0, 0.1) is 0 Å². The summed E-state index contributed by atoms with van der Waals surface area (Å²) in [6.45, 7) is 0. The van der Waals surface area contributed by atoms with Crippen molar-refractivity contribution in [1.82, 2.24) is 16.0 Å². The first-order chi connectivity index (χ1) is 16.6. The Hall–Kier alpha value is -4.28. The molecule has 0 bridgehead atoms. The molecule has 0 radical (unpaired) electrons. The van der Waals surface area contributed by atoms with Crippen molar-refractivity contribution >= 4 is 47.5 Å². The van der Waals surface area contributed by atoms with Gasteiger partial charge in [-0.25, -0.2) is 4.79 Å². The molecule has 0 heterocycles. The fourth-order valence-corrected chi connectivity index (χ4v) is 2.70. The van der Waals surface area contributed by atoms with E-state index in [9.17, 15) is 43.5 Å². The molecular weight excluding hydrogens is 490 g/mol. The van der Waals surface area contributed by atoms with Crippen LogP contribution >= 0.6 is 0 Å². The third kappa shape index (κ3) is 13.4. The summed E-state index contributed by atoms with van der Waals surface area (Å²) in [7, 11) is 0. The van der Waals surface area contributed by atoms with Crippen LogP contribution in [0.2, 0.25) is 0 Å². The van der Waals surface area contributed by atoms with Crippen molar-refractivity contribution in [1.29, 1.82) is 0 Å². The number of amides is 4. The zero-order valence-corrected chi connectivity index (χ0v) is 19.0. The molecule has 0 aliphatic heterocycles. The summed E-state index contributed by atoms with van der Waals surface area (Å²) in [5.41, 5.74) is 10.5. The van der Waals surface area contributed by atoms with E-state index in [0.29, 0.717) is 0 Å². The van der Waals surface area contributed by atoms with E-state index in [4.69, 9.17) is 26.8 Å². The van der Waals surface area contributed by atoms with Gasteiger partial charge in [0.25, 0.3) is 0 Å². The molecule has 11 N–H and O–H groups in total. The number of rotatable bonds is 18. The number of nitrogens with two attached hydrogens (primary N) is 2. The van der Waals surface area contributed by atoms with Crippen LogP contribution in [-0.2, 0) is 38.4 Å². The maximum absolute atomic E-state index is 12.7. The van der Waals surface area contributed by atoms with Crippen molar-refractivity contribution < 1.29 is 58.8 Å². The Bertz CT molecular complexity index is 877. The average molecular weight is 519 g/mol. The van der Waals surface area contributed by atoms with Crippen molar-refractivity contribution in [2.75, 3.05) is 0 Å². The van der Waals surface area contributed by atoms with Crippen molar-refractivity contribution in [3.63, 3.8) is 0 Å². The van der Waals surface area contributed by atoms with Crippen molar-refractivity contribution in [2.45, 2.75) is 69.1 Å². The molecule has 0 spiro atoms. The highest BCUT2D eigenvalue weighted by atomic mass is 16.4. The zero-order chi connectivity index (χ0) is 28.0. The van der Waals surface area contributed by atoms with Crippen LogP contribution in [0.5, 0.6) is 0 Å². The van der Waals surface area contributed by atoms with E-state index >= 15 is 0 Å². The fraction of sp³-hybridized carbons (Fsp3) is 0.579. The summed E-state index contributed by atoms with van der Waals surface area (Å²) in [4.78, 5) is 92.4. The molecule has 4 unspecified atom stereocenters. The van der Waals surface area contributed by atoms with Gasteiger partial charge in [0, 0.05) is 19.3 Å². The first-order valence-electron chi connectivity index (χ1n) is 10.5. The second-order valence-electron chi connectivity index (χ2n) is 7.60. The molecule has 36 heavy (non-hydrogen) atoms. The molecule has 0 rings (SSSR count). The van der Waals surface area contributed by atoms with E-state index in [1.807, 2.05) is 10.6 Å². The van der Waals surface area contributed by atoms with Gasteiger partial charge in [-0.2, -0.15) is 0 Å². The van der Waals surface area contributed by atoms with Gasteiger partial charge in [-0.1, -0.05) is 0 Å². The van der Waals surface area contributed by atoms with E-state index in [2.05, 4.69) is 5.32 Å². The number of carbonyl (C=O) groups excluding carboxylic acids is 4. The van der Waals surface area contributed by atoms with Gasteiger partial charge >= 0.3 is 23.9 Å². The average Bonchev–Trinajstić information content (AvgIpc) is 2.75. The van der Waals surface area contributed by atoms with Crippen molar-refractivity contribution in [2.24, 2.45) is 11.5 Å². The first kappa shape index (κ1) is 31.7.